The fourth-order valence-corrected chi connectivity index (χ4v) is 2.88. The van der Waals surface area contributed by atoms with Crippen molar-refractivity contribution in [3.8, 4) is 0 Å². The van der Waals surface area contributed by atoms with Crippen molar-refractivity contribution >= 4 is 23.8 Å². The summed E-state index contributed by atoms with van der Waals surface area (Å²) in [5.41, 5.74) is 0.984. The molecular formula is C19H25N3O5. The van der Waals surface area contributed by atoms with Crippen LogP contribution in [0.4, 0.5) is 4.79 Å². The minimum absolute atomic E-state index is 0.0502. The summed E-state index contributed by atoms with van der Waals surface area (Å²) in [6.07, 6.45) is 0.790. The quantitative estimate of drug-likeness (QED) is 0.701. The lowest BCUT2D eigenvalue weighted by Crippen LogP contribution is -2.42. The van der Waals surface area contributed by atoms with Gasteiger partial charge in [0.25, 0.3) is 5.91 Å². The van der Waals surface area contributed by atoms with Gasteiger partial charge in [0.05, 0.1) is 12.0 Å². The van der Waals surface area contributed by atoms with E-state index in [1.165, 1.54) is 0 Å². The molecule has 8 heteroatoms. The third-order valence-corrected chi connectivity index (χ3v) is 4.38. The molecule has 2 N–H and O–H groups in total. The van der Waals surface area contributed by atoms with E-state index >= 15 is 0 Å². The molecule has 1 fully saturated rings. The van der Waals surface area contributed by atoms with E-state index in [-0.39, 0.29) is 24.9 Å². The Hall–Kier alpha value is -2.90. The third-order valence-electron chi connectivity index (χ3n) is 4.38. The topological polar surface area (TPSA) is 105 Å². The number of amides is 4. The maximum Gasteiger partial charge on any atom is 0.321 e. The SMILES string of the molecule is CCCNC(=O)NC(=O)COC(=O)[C@@H]1CC(=O)N([C@@H](C)c2ccccc2)C1. The van der Waals surface area contributed by atoms with E-state index in [2.05, 4.69) is 10.6 Å². The second-order valence-electron chi connectivity index (χ2n) is 6.45. The van der Waals surface area contributed by atoms with E-state index < -0.39 is 30.4 Å². The number of hydrogen-bond donors (Lipinski definition) is 2. The van der Waals surface area contributed by atoms with E-state index in [0.29, 0.717) is 6.54 Å². The molecule has 4 amide bonds. The number of esters is 1. The normalized spacial score (nSPS) is 17.3. The van der Waals surface area contributed by atoms with Crippen LogP contribution in [0.5, 0.6) is 0 Å². The summed E-state index contributed by atoms with van der Waals surface area (Å²) in [5, 5.41) is 4.56. The summed E-state index contributed by atoms with van der Waals surface area (Å²) in [6.45, 7) is 3.92. The second kappa shape index (κ2) is 9.70. The van der Waals surface area contributed by atoms with Crippen molar-refractivity contribution in [2.75, 3.05) is 19.7 Å². The molecular weight excluding hydrogens is 350 g/mol. The Morgan fingerprint density at radius 2 is 1.96 bits per heavy atom. The number of imide groups is 1. The van der Waals surface area contributed by atoms with Gasteiger partial charge in [-0.25, -0.2) is 4.79 Å². The van der Waals surface area contributed by atoms with E-state index in [9.17, 15) is 19.2 Å². The van der Waals surface area contributed by atoms with Crippen molar-refractivity contribution in [1.82, 2.24) is 15.5 Å². The first-order valence-corrected chi connectivity index (χ1v) is 9.01. The van der Waals surface area contributed by atoms with Gasteiger partial charge in [-0.05, 0) is 18.9 Å². The van der Waals surface area contributed by atoms with Crippen LogP contribution >= 0.6 is 0 Å². The highest BCUT2D eigenvalue weighted by Crippen LogP contribution is 2.28. The molecule has 0 aliphatic carbocycles. The number of nitrogens with one attached hydrogen (secondary N) is 2. The average Bonchev–Trinajstić information content (AvgIpc) is 3.06. The lowest BCUT2D eigenvalue weighted by Gasteiger charge is -2.25. The maximum atomic E-state index is 12.3. The Balaban J connectivity index is 1.81. The summed E-state index contributed by atoms with van der Waals surface area (Å²) in [5.74, 6) is -2.08. The highest BCUT2D eigenvalue weighted by molar-refractivity contribution is 5.96. The van der Waals surface area contributed by atoms with Gasteiger partial charge in [-0.2, -0.15) is 0 Å². The number of carbonyl (C=O) groups is 4. The first kappa shape index (κ1) is 20.4. The number of urea groups is 1. The molecule has 1 aliphatic heterocycles. The van der Waals surface area contributed by atoms with Crippen LogP contribution < -0.4 is 10.6 Å². The standard InChI is InChI=1S/C19H25N3O5/c1-3-9-20-19(26)21-16(23)12-27-18(25)15-10-17(24)22(11-15)13(2)14-7-5-4-6-8-14/h4-8,13,15H,3,9-12H2,1-2H3,(H2,20,21,23,26)/t13-,15+/m0/s1. The van der Waals surface area contributed by atoms with Gasteiger partial charge in [0.15, 0.2) is 6.61 Å². The minimum atomic E-state index is -0.712. The fraction of sp³-hybridized carbons (Fsp3) is 0.474. The number of rotatable bonds is 7. The summed E-state index contributed by atoms with van der Waals surface area (Å²) in [4.78, 5) is 49.1. The van der Waals surface area contributed by atoms with E-state index in [4.69, 9.17) is 4.74 Å². The van der Waals surface area contributed by atoms with Crippen LogP contribution in [0.15, 0.2) is 30.3 Å². The molecule has 1 aromatic carbocycles. The summed E-state index contributed by atoms with van der Waals surface area (Å²) >= 11 is 0. The summed E-state index contributed by atoms with van der Waals surface area (Å²) in [7, 11) is 0. The number of likely N-dealkylation sites (tertiary alicyclic amines) is 1. The van der Waals surface area contributed by atoms with Gasteiger partial charge in [-0.15, -0.1) is 0 Å². The molecule has 146 valence electrons. The number of benzene rings is 1. The van der Waals surface area contributed by atoms with Gasteiger partial charge in [-0.1, -0.05) is 37.3 Å². The largest absolute Gasteiger partial charge is 0.455 e. The van der Waals surface area contributed by atoms with Crippen molar-refractivity contribution in [2.45, 2.75) is 32.7 Å². The summed E-state index contributed by atoms with van der Waals surface area (Å²) in [6, 6.07) is 8.77. The average molecular weight is 375 g/mol. The zero-order chi connectivity index (χ0) is 19.8. The van der Waals surface area contributed by atoms with E-state index in [1.54, 1.807) is 4.90 Å². The molecule has 1 heterocycles. The number of hydrogen-bond acceptors (Lipinski definition) is 5. The highest BCUT2D eigenvalue weighted by Gasteiger charge is 2.38. The molecule has 0 aromatic heterocycles. The molecule has 2 atom stereocenters. The zero-order valence-corrected chi connectivity index (χ0v) is 15.6. The summed E-state index contributed by atoms with van der Waals surface area (Å²) < 4.78 is 4.97. The number of carbonyl (C=O) groups excluding carboxylic acids is 4. The predicted molar refractivity (Wildman–Crippen MR) is 97.5 cm³/mol. The van der Waals surface area contributed by atoms with Gasteiger partial charge in [-0.3, -0.25) is 19.7 Å². The Morgan fingerprint density at radius 3 is 2.63 bits per heavy atom. The fourth-order valence-electron chi connectivity index (χ4n) is 2.88. The van der Waals surface area contributed by atoms with E-state index in [0.717, 1.165) is 12.0 Å². The van der Waals surface area contributed by atoms with Crippen molar-refractivity contribution in [3.05, 3.63) is 35.9 Å². The van der Waals surface area contributed by atoms with Crippen LogP contribution in [-0.2, 0) is 19.1 Å². The van der Waals surface area contributed by atoms with E-state index in [1.807, 2.05) is 44.2 Å². The minimum Gasteiger partial charge on any atom is -0.455 e. The van der Waals surface area contributed by atoms with Crippen LogP contribution in [0.1, 0.15) is 38.3 Å². The third kappa shape index (κ3) is 5.80. The lowest BCUT2D eigenvalue weighted by molar-refractivity contribution is -0.152. The van der Waals surface area contributed by atoms with Gasteiger partial charge in [0.2, 0.25) is 5.91 Å². The molecule has 2 rings (SSSR count). The van der Waals surface area contributed by atoms with Crippen molar-refractivity contribution in [2.24, 2.45) is 5.92 Å². The highest BCUT2D eigenvalue weighted by atomic mass is 16.5. The smallest absolute Gasteiger partial charge is 0.321 e. The first-order chi connectivity index (χ1) is 12.9. The molecule has 1 aliphatic rings. The van der Waals surface area contributed by atoms with Crippen LogP contribution in [0.2, 0.25) is 0 Å². The lowest BCUT2D eigenvalue weighted by atomic mass is 10.1. The van der Waals surface area contributed by atoms with Crippen LogP contribution in [0, 0.1) is 5.92 Å². The van der Waals surface area contributed by atoms with Crippen molar-refractivity contribution in [3.63, 3.8) is 0 Å². The predicted octanol–water partition coefficient (Wildman–Crippen LogP) is 1.38. The van der Waals surface area contributed by atoms with Crippen LogP contribution in [0.25, 0.3) is 0 Å². The Kier molecular flexibility index (Phi) is 7.34. The number of ether oxygens (including phenoxy) is 1. The Bertz CT molecular complexity index is 692. The molecule has 0 bridgehead atoms. The van der Waals surface area contributed by atoms with Gasteiger partial charge >= 0.3 is 12.0 Å². The van der Waals surface area contributed by atoms with Gasteiger partial charge < -0.3 is 15.0 Å². The van der Waals surface area contributed by atoms with Crippen LogP contribution in [0.3, 0.4) is 0 Å². The molecule has 27 heavy (non-hydrogen) atoms. The molecule has 0 spiro atoms. The molecule has 1 saturated heterocycles. The van der Waals surface area contributed by atoms with Crippen molar-refractivity contribution in [1.29, 1.82) is 0 Å². The number of nitrogens with zero attached hydrogens (tertiary/aromatic N) is 1. The van der Waals surface area contributed by atoms with Crippen LogP contribution in [-0.4, -0.2) is 48.4 Å². The maximum absolute atomic E-state index is 12.3. The molecule has 1 aromatic rings. The van der Waals surface area contributed by atoms with Crippen molar-refractivity contribution < 1.29 is 23.9 Å². The molecule has 8 nitrogen and oxygen atoms in total. The zero-order valence-electron chi connectivity index (χ0n) is 15.6. The molecule has 0 unspecified atom stereocenters. The molecule has 0 radical (unpaired) electrons. The van der Waals surface area contributed by atoms with Gasteiger partial charge in [0, 0.05) is 19.5 Å². The van der Waals surface area contributed by atoms with Gasteiger partial charge in [0.1, 0.15) is 0 Å². The molecule has 0 saturated carbocycles. The Morgan fingerprint density at radius 1 is 1.26 bits per heavy atom. The second-order valence-corrected chi connectivity index (χ2v) is 6.45. The monoisotopic (exact) mass is 375 g/mol. The first-order valence-electron chi connectivity index (χ1n) is 9.01. The Labute approximate surface area is 158 Å².